The molecule has 1 aromatic carbocycles. The van der Waals surface area contributed by atoms with Gasteiger partial charge in [-0.05, 0) is 18.2 Å². The SMILES string of the molecule is N#Cc1ccc(Nc2ncnc3c2C=NCC3)c(F)c1. The molecule has 0 spiro atoms. The first kappa shape index (κ1) is 12.2. The second-order valence-electron chi connectivity index (χ2n) is 4.30. The Morgan fingerprint density at radius 3 is 3.00 bits per heavy atom. The van der Waals surface area contributed by atoms with E-state index in [4.69, 9.17) is 5.26 Å². The van der Waals surface area contributed by atoms with Crippen molar-refractivity contribution in [3.8, 4) is 6.07 Å². The molecule has 0 aliphatic carbocycles. The van der Waals surface area contributed by atoms with Gasteiger partial charge in [0.2, 0.25) is 0 Å². The number of nitriles is 1. The molecule has 0 saturated carbocycles. The van der Waals surface area contributed by atoms with E-state index in [-0.39, 0.29) is 11.3 Å². The second-order valence-corrected chi connectivity index (χ2v) is 4.30. The zero-order chi connectivity index (χ0) is 13.9. The van der Waals surface area contributed by atoms with Crippen LogP contribution in [-0.2, 0) is 6.42 Å². The molecule has 0 unspecified atom stereocenters. The monoisotopic (exact) mass is 267 g/mol. The predicted molar refractivity (Wildman–Crippen MR) is 72.6 cm³/mol. The van der Waals surface area contributed by atoms with Crippen LogP contribution in [0.5, 0.6) is 0 Å². The van der Waals surface area contributed by atoms with Crippen LogP contribution in [0, 0.1) is 17.1 Å². The first-order chi connectivity index (χ1) is 9.78. The van der Waals surface area contributed by atoms with Gasteiger partial charge in [0.1, 0.15) is 18.0 Å². The summed E-state index contributed by atoms with van der Waals surface area (Å²) in [7, 11) is 0. The third-order valence-corrected chi connectivity index (χ3v) is 3.02. The predicted octanol–water partition coefficient (Wildman–Crippen LogP) is 2.21. The molecule has 1 aliphatic rings. The van der Waals surface area contributed by atoms with Gasteiger partial charge in [-0.3, -0.25) is 4.99 Å². The molecule has 0 amide bonds. The maximum absolute atomic E-state index is 13.9. The van der Waals surface area contributed by atoms with Crippen LogP contribution in [0.1, 0.15) is 16.8 Å². The number of hydrogen-bond donors (Lipinski definition) is 1. The lowest BCUT2D eigenvalue weighted by atomic mass is 10.1. The van der Waals surface area contributed by atoms with Crippen molar-refractivity contribution >= 4 is 17.7 Å². The molecule has 0 saturated heterocycles. The van der Waals surface area contributed by atoms with E-state index >= 15 is 0 Å². The number of hydrogen-bond acceptors (Lipinski definition) is 5. The molecule has 2 aromatic rings. The van der Waals surface area contributed by atoms with Gasteiger partial charge in [0, 0.05) is 19.2 Å². The van der Waals surface area contributed by atoms with Gasteiger partial charge in [-0.25, -0.2) is 14.4 Å². The van der Waals surface area contributed by atoms with Gasteiger partial charge in [-0.2, -0.15) is 5.26 Å². The number of benzene rings is 1. The lowest BCUT2D eigenvalue weighted by Gasteiger charge is -2.14. The Morgan fingerprint density at radius 1 is 1.30 bits per heavy atom. The third-order valence-electron chi connectivity index (χ3n) is 3.02. The summed E-state index contributed by atoms with van der Waals surface area (Å²) >= 11 is 0. The van der Waals surface area contributed by atoms with Gasteiger partial charge in [0.15, 0.2) is 0 Å². The Labute approximate surface area is 114 Å². The summed E-state index contributed by atoms with van der Waals surface area (Å²) in [6.45, 7) is 0.703. The van der Waals surface area contributed by atoms with Crippen molar-refractivity contribution in [1.29, 1.82) is 5.26 Å². The zero-order valence-corrected chi connectivity index (χ0v) is 10.5. The zero-order valence-electron chi connectivity index (χ0n) is 10.5. The summed E-state index contributed by atoms with van der Waals surface area (Å²) in [4.78, 5) is 12.5. The Bertz CT molecular complexity index is 733. The highest BCUT2D eigenvalue weighted by Gasteiger charge is 2.14. The Balaban J connectivity index is 1.97. The van der Waals surface area contributed by atoms with E-state index in [2.05, 4.69) is 20.3 Å². The quantitative estimate of drug-likeness (QED) is 0.905. The minimum absolute atomic E-state index is 0.267. The van der Waals surface area contributed by atoms with Crippen LogP contribution in [0.25, 0.3) is 0 Å². The summed E-state index contributed by atoms with van der Waals surface area (Å²) in [6, 6.07) is 6.14. The van der Waals surface area contributed by atoms with E-state index in [1.165, 1.54) is 18.5 Å². The molecule has 0 radical (unpaired) electrons. The Hall–Kier alpha value is -2.81. The average molecular weight is 267 g/mol. The summed E-state index contributed by atoms with van der Waals surface area (Å²) in [5, 5.41) is 11.7. The van der Waals surface area contributed by atoms with Gasteiger partial charge < -0.3 is 5.32 Å². The number of anilines is 2. The van der Waals surface area contributed by atoms with Crippen LogP contribution >= 0.6 is 0 Å². The van der Waals surface area contributed by atoms with Gasteiger partial charge in [0.05, 0.1) is 28.6 Å². The normalized spacial score (nSPS) is 12.6. The molecule has 0 fully saturated rings. The smallest absolute Gasteiger partial charge is 0.147 e. The molecule has 0 atom stereocenters. The van der Waals surface area contributed by atoms with E-state index in [1.807, 2.05) is 6.07 Å². The maximum atomic E-state index is 13.9. The van der Waals surface area contributed by atoms with E-state index in [9.17, 15) is 4.39 Å². The lowest BCUT2D eigenvalue weighted by molar-refractivity contribution is 0.631. The molecule has 1 aromatic heterocycles. The summed E-state index contributed by atoms with van der Waals surface area (Å²) in [6.07, 6.45) is 3.89. The molecule has 2 heterocycles. The topological polar surface area (TPSA) is 74.0 Å². The van der Waals surface area contributed by atoms with Crippen molar-refractivity contribution in [1.82, 2.24) is 9.97 Å². The molecule has 1 N–H and O–H groups in total. The van der Waals surface area contributed by atoms with E-state index in [1.54, 1.807) is 12.3 Å². The van der Waals surface area contributed by atoms with Gasteiger partial charge in [0.25, 0.3) is 0 Å². The molecule has 5 nitrogen and oxygen atoms in total. The fraction of sp³-hybridized carbons (Fsp3) is 0.143. The lowest BCUT2D eigenvalue weighted by Crippen LogP contribution is -2.10. The van der Waals surface area contributed by atoms with Gasteiger partial charge >= 0.3 is 0 Å². The van der Waals surface area contributed by atoms with Crippen LogP contribution in [0.3, 0.4) is 0 Å². The Morgan fingerprint density at radius 2 is 2.20 bits per heavy atom. The number of nitrogens with zero attached hydrogens (tertiary/aromatic N) is 4. The van der Waals surface area contributed by atoms with Crippen molar-refractivity contribution in [2.75, 3.05) is 11.9 Å². The summed E-state index contributed by atoms with van der Waals surface area (Å²) < 4.78 is 13.9. The second kappa shape index (κ2) is 5.05. The highest BCUT2D eigenvalue weighted by Crippen LogP contribution is 2.23. The van der Waals surface area contributed by atoms with Crippen molar-refractivity contribution < 1.29 is 4.39 Å². The van der Waals surface area contributed by atoms with Crippen LogP contribution in [0.2, 0.25) is 0 Å². The highest BCUT2D eigenvalue weighted by molar-refractivity contribution is 5.89. The average Bonchev–Trinajstić information content (AvgIpc) is 2.49. The molecule has 20 heavy (non-hydrogen) atoms. The first-order valence-corrected chi connectivity index (χ1v) is 6.08. The molecule has 0 bridgehead atoms. The van der Waals surface area contributed by atoms with E-state index in [0.29, 0.717) is 12.4 Å². The molecular weight excluding hydrogens is 257 g/mol. The van der Waals surface area contributed by atoms with Gasteiger partial charge in [-0.15, -0.1) is 0 Å². The fourth-order valence-corrected chi connectivity index (χ4v) is 2.01. The molecule has 6 heteroatoms. The minimum Gasteiger partial charge on any atom is -0.337 e. The molecule has 3 rings (SSSR count). The number of fused-ring (bicyclic) bond motifs is 1. The largest absolute Gasteiger partial charge is 0.337 e. The fourth-order valence-electron chi connectivity index (χ4n) is 2.01. The highest BCUT2D eigenvalue weighted by atomic mass is 19.1. The van der Waals surface area contributed by atoms with Crippen molar-refractivity contribution in [3.05, 3.63) is 47.2 Å². The third kappa shape index (κ3) is 2.21. The van der Waals surface area contributed by atoms with E-state index in [0.717, 1.165) is 17.7 Å². The number of aromatic nitrogens is 2. The molecule has 1 aliphatic heterocycles. The van der Waals surface area contributed by atoms with Crippen molar-refractivity contribution in [3.63, 3.8) is 0 Å². The number of rotatable bonds is 2. The van der Waals surface area contributed by atoms with Crippen molar-refractivity contribution in [2.24, 2.45) is 4.99 Å². The molecular formula is C14H10FN5. The number of aliphatic imine (C=N–C) groups is 1. The number of halogens is 1. The standard InChI is InChI=1S/C14H10FN5/c15-11-5-9(6-16)1-2-13(11)20-14-10-7-17-4-3-12(10)18-8-19-14/h1-2,5,7-8H,3-4H2,(H,18,19,20). The summed E-state index contributed by atoms with van der Waals surface area (Å²) in [5.74, 6) is 0.0196. The first-order valence-electron chi connectivity index (χ1n) is 6.08. The van der Waals surface area contributed by atoms with Crippen LogP contribution in [0.15, 0.2) is 29.5 Å². The van der Waals surface area contributed by atoms with Crippen LogP contribution in [0.4, 0.5) is 15.9 Å². The van der Waals surface area contributed by atoms with Crippen LogP contribution < -0.4 is 5.32 Å². The van der Waals surface area contributed by atoms with E-state index < -0.39 is 5.82 Å². The molecule has 98 valence electrons. The minimum atomic E-state index is -0.496. The van der Waals surface area contributed by atoms with Gasteiger partial charge in [-0.1, -0.05) is 0 Å². The summed E-state index contributed by atoms with van der Waals surface area (Å²) in [5.41, 5.74) is 2.22. The van der Waals surface area contributed by atoms with Crippen LogP contribution in [-0.4, -0.2) is 22.7 Å². The Kier molecular flexibility index (Phi) is 3.09. The van der Waals surface area contributed by atoms with Crippen molar-refractivity contribution in [2.45, 2.75) is 6.42 Å². The maximum Gasteiger partial charge on any atom is 0.147 e. The number of nitrogens with one attached hydrogen (secondary N) is 1.